The van der Waals surface area contributed by atoms with Crippen LogP contribution in [0.3, 0.4) is 0 Å². The number of hydrogen-bond acceptors (Lipinski definition) is 6. The summed E-state index contributed by atoms with van der Waals surface area (Å²) in [5, 5.41) is 21.0. The summed E-state index contributed by atoms with van der Waals surface area (Å²) < 4.78 is 112. The molecule has 0 amide bonds. The van der Waals surface area contributed by atoms with Crippen molar-refractivity contribution in [2.45, 2.75) is 77.4 Å². The van der Waals surface area contributed by atoms with Crippen molar-refractivity contribution in [3.8, 4) is 0 Å². The number of tetrazole rings is 1. The monoisotopic (exact) mass is 676 g/mol. The smallest absolute Gasteiger partial charge is 0.416 e. The quantitative estimate of drug-likeness (QED) is 0.211. The van der Waals surface area contributed by atoms with Gasteiger partial charge in [0.25, 0.3) is 11.9 Å². The number of likely N-dealkylation sites (tertiary alicyclic amines) is 1. The summed E-state index contributed by atoms with van der Waals surface area (Å²) in [4.78, 5) is 15.7. The van der Waals surface area contributed by atoms with Crippen LogP contribution in [0.1, 0.15) is 79.5 Å². The highest BCUT2D eigenvalue weighted by Gasteiger charge is 2.37. The Morgan fingerprint density at radius 3 is 2.06 bits per heavy atom. The molecule has 0 aliphatic carbocycles. The number of rotatable bonds is 11. The fourth-order valence-corrected chi connectivity index (χ4v) is 6.09. The maximum Gasteiger partial charge on any atom is 0.416 e. The van der Waals surface area contributed by atoms with Gasteiger partial charge in [-0.05, 0) is 90.0 Å². The van der Waals surface area contributed by atoms with Gasteiger partial charge in [0.15, 0.2) is 0 Å². The maximum absolute atomic E-state index is 14.3. The normalized spacial score (nSPS) is 16.1. The number of aryl methyl sites for hydroxylation is 1. The number of alkyl halides is 8. The number of nitrogens with zero attached hydrogens (tertiary/aromatic N) is 6. The summed E-state index contributed by atoms with van der Waals surface area (Å²) in [5.41, 5.74) is -2.59. The molecule has 1 N–H and O–H groups in total. The van der Waals surface area contributed by atoms with Crippen LogP contribution < -0.4 is 4.90 Å². The average molecular weight is 677 g/mol. The zero-order valence-corrected chi connectivity index (χ0v) is 26.2. The molecule has 16 heteroatoms. The van der Waals surface area contributed by atoms with Gasteiger partial charge in [-0.25, -0.2) is 8.78 Å². The molecule has 1 aliphatic rings. The first-order chi connectivity index (χ1) is 21.7. The fourth-order valence-electron chi connectivity index (χ4n) is 6.09. The Balaban J connectivity index is 1.79. The summed E-state index contributed by atoms with van der Waals surface area (Å²) in [6.45, 7) is 4.53. The first-order valence-corrected chi connectivity index (χ1v) is 15.0. The Hall–Kier alpha value is -3.82. The lowest BCUT2D eigenvalue weighted by Gasteiger charge is -2.40. The third-order valence-electron chi connectivity index (χ3n) is 8.27. The van der Waals surface area contributed by atoms with E-state index in [0.717, 1.165) is 23.0 Å². The summed E-state index contributed by atoms with van der Waals surface area (Å²) in [7, 11) is 1.42. The highest BCUT2D eigenvalue weighted by atomic mass is 19.4. The number of carboxylic acids is 1. The Morgan fingerprint density at radius 2 is 1.55 bits per heavy atom. The lowest BCUT2D eigenvalue weighted by molar-refractivity contribution is -0.139. The largest absolute Gasteiger partial charge is 0.481 e. The molecule has 258 valence electrons. The first kappa shape index (κ1) is 36.0. The van der Waals surface area contributed by atoms with Crippen molar-refractivity contribution in [1.82, 2.24) is 25.1 Å². The Morgan fingerprint density at radius 1 is 0.936 bits per heavy atom. The van der Waals surface area contributed by atoms with E-state index in [-0.39, 0.29) is 41.9 Å². The molecule has 47 heavy (non-hydrogen) atoms. The number of carbonyl (C=O) groups is 1. The van der Waals surface area contributed by atoms with Gasteiger partial charge in [0, 0.05) is 38.0 Å². The minimum atomic E-state index is -4.94. The molecule has 1 unspecified atom stereocenters. The van der Waals surface area contributed by atoms with E-state index in [9.17, 15) is 45.0 Å². The van der Waals surface area contributed by atoms with E-state index in [1.54, 1.807) is 0 Å². The predicted octanol–water partition coefficient (Wildman–Crippen LogP) is 7.45. The van der Waals surface area contributed by atoms with Crippen molar-refractivity contribution >= 4 is 11.9 Å². The van der Waals surface area contributed by atoms with Gasteiger partial charge in [-0.2, -0.15) is 31.1 Å². The van der Waals surface area contributed by atoms with Gasteiger partial charge in [0.2, 0.25) is 0 Å². The van der Waals surface area contributed by atoms with Gasteiger partial charge in [0.1, 0.15) is 0 Å². The number of halogens is 8. The molecule has 0 saturated carbocycles. The molecule has 1 aromatic heterocycles. The summed E-state index contributed by atoms with van der Waals surface area (Å²) in [6, 6.07) is 4.93. The van der Waals surface area contributed by atoms with E-state index < -0.39 is 53.5 Å². The van der Waals surface area contributed by atoms with Gasteiger partial charge >= 0.3 is 18.3 Å². The number of hydrogen-bond donors (Lipinski definition) is 1. The van der Waals surface area contributed by atoms with Crippen LogP contribution in [0.2, 0.25) is 0 Å². The van der Waals surface area contributed by atoms with Crippen LogP contribution in [0.5, 0.6) is 0 Å². The minimum Gasteiger partial charge on any atom is -0.481 e. The number of anilines is 1. The second-order valence-corrected chi connectivity index (χ2v) is 12.4. The van der Waals surface area contributed by atoms with E-state index in [2.05, 4.69) is 20.3 Å². The molecule has 4 rings (SSSR count). The minimum absolute atomic E-state index is 0.0208. The topological polar surface area (TPSA) is 87.4 Å². The predicted molar refractivity (Wildman–Crippen MR) is 155 cm³/mol. The molecule has 1 atom stereocenters. The highest BCUT2D eigenvalue weighted by molar-refractivity contribution is 5.67. The standard InChI is InChI=1S/C31H36F8N6O2/c1-18(2)27(44-9-7-19(8-10-44)13-26(46)47)25-6-5-22(30(34,35)36)14-21(25)17-45(28-40-42-43(4)41-28)16-20-11-23(29(3,32)33)15-24(12-20)31(37,38)39/h5-6,11-12,14-15,18-19,27H,7-10,13,16-17H2,1-4H3,(H,46,47). The molecule has 0 bridgehead atoms. The molecule has 3 aromatic rings. The summed E-state index contributed by atoms with van der Waals surface area (Å²) >= 11 is 0. The second kappa shape index (κ2) is 13.7. The molecular weight excluding hydrogens is 640 g/mol. The van der Waals surface area contributed by atoms with E-state index in [4.69, 9.17) is 0 Å². The van der Waals surface area contributed by atoms with Crippen molar-refractivity contribution in [3.63, 3.8) is 0 Å². The number of aromatic nitrogens is 4. The third-order valence-corrected chi connectivity index (χ3v) is 8.27. The van der Waals surface area contributed by atoms with Crippen molar-refractivity contribution in [3.05, 3.63) is 69.8 Å². The summed E-state index contributed by atoms with van der Waals surface area (Å²) in [5.74, 6) is -4.78. The number of piperidine rings is 1. The molecule has 2 aromatic carbocycles. The molecule has 0 radical (unpaired) electrons. The van der Waals surface area contributed by atoms with Gasteiger partial charge < -0.3 is 10.0 Å². The van der Waals surface area contributed by atoms with Crippen LogP contribution in [0.4, 0.5) is 41.1 Å². The number of aliphatic carboxylic acids is 1. The summed E-state index contributed by atoms with van der Waals surface area (Å²) in [6.07, 6.45) is -8.47. The van der Waals surface area contributed by atoms with Crippen LogP contribution in [0.25, 0.3) is 0 Å². The van der Waals surface area contributed by atoms with Crippen LogP contribution in [0, 0.1) is 11.8 Å². The number of carboxylic acid groups (broad SMARTS) is 1. The Bertz CT molecular complexity index is 1510. The van der Waals surface area contributed by atoms with Crippen LogP contribution in [-0.2, 0) is 43.2 Å². The van der Waals surface area contributed by atoms with E-state index >= 15 is 0 Å². The van der Waals surface area contributed by atoms with Crippen molar-refractivity contribution < 1.29 is 45.0 Å². The molecule has 2 heterocycles. The van der Waals surface area contributed by atoms with Crippen LogP contribution in [0.15, 0.2) is 36.4 Å². The van der Waals surface area contributed by atoms with Crippen molar-refractivity contribution in [1.29, 1.82) is 0 Å². The molecule has 8 nitrogen and oxygen atoms in total. The van der Waals surface area contributed by atoms with Gasteiger partial charge in [-0.15, -0.1) is 5.10 Å². The van der Waals surface area contributed by atoms with E-state index in [1.807, 2.05) is 13.8 Å². The molecular formula is C31H36F8N6O2. The van der Waals surface area contributed by atoms with Crippen LogP contribution in [-0.4, -0.2) is 49.3 Å². The van der Waals surface area contributed by atoms with E-state index in [1.165, 1.54) is 18.0 Å². The zero-order chi connectivity index (χ0) is 34.9. The lowest BCUT2D eigenvalue weighted by atomic mass is 9.86. The first-order valence-electron chi connectivity index (χ1n) is 15.0. The Kier molecular flexibility index (Phi) is 10.5. The second-order valence-electron chi connectivity index (χ2n) is 12.4. The maximum atomic E-state index is 14.3. The highest BCUT2D eigenvalue weighted by Crippen LogP contribution is 2.40. The van der Waals surface area contributed by atoms with Gasteiger partial charge in [-0.1, -0.05) is 25.0 Å². The lowest BCUT2D eigenvalue weighted by Crippen LogP contribution is -2.40. The average Bonchev–Trinajstić information content (AvgIpc) is 3.38. The van der Waals surface area contributed by atoms with Crippen molar-refractivity contribution in [2.24, 2.45) is 18.9 Å². The zero-order valence-electron chi connectivity index (χ0n) is 26.2. The van der Waals surface area contributed by atoms with Gasteiger partial charge in [0.05, 0.1) is 18.2 Å². The Labute approximate surface area is 266 Å². The molecule has 1 saturated heterocycles. The van der Waals surface area contributed by atoms with Gasteiger partial charge in [-0.3, -0.25) is 9.69 Å². The molecule has 1 aliphatic heterocycles. The van der Waals surface area contributed by atoms with Crippen LogP contribution >= 0.6 is 0 Å². The third kappa shape index (κ3) is 9.17. The number of benzene rings is 2. The SMILES string of the molecule is CC(C)C(c1ccc(C(F)(F)F)cc1CN(Cc1cc(C(C)(F)F)cc(C(F)(F)F)c1)c1nnn(C)n1)N1CCC(CC(=O)O)CC1. The molecule has 0 spiro atoms. The molecule has 1 fully saturated rings. The van der Waals surface area contributed by atoms with E-state index in [0.29, 0.717) is 50.6 Å². The fraction of sp³-hybridized carbons (Fsp3) is 0.548. The van der Waals surface area contributed by atoms with Crippen molar-refractivity contribution in [2.75, 3.05) is 18.0 Å².